The zero-order valence-electron chi connectivity index (χ0n) is 18.9. The number of carbonyl (C=O) groups is 1. The van der Waals surface area contributed by atoms with Crippen molar-refractivity contribution in [3.05, 3.63) is 114 Å². The van der Waals surface area contributed by atoms with Crippen LogP contribution in [-0.4, -0.2) is 24.0 Å². The standard InChI is InChI=1S/C26H23FN4O3S/c1-18-7-5-6-10-23(18)35(33,34)30-25(32)29-26(17-22(26)19-8-3-2-4-9-19)24-28-15-16-31(24)21-13-11-20(27)12-14-21/h2-16,22H,17H2,1H3,(H2,29,30,32)/t22?,26-/m1/s1. The van der Waals surface area contributed by atoms with Gasteiger partial charge in [0.25, 0.3) is 10.0 Å². The first kappa shape index (κ1) is 22.8. The number of hydrogen-bond acceptors (Lipinski definition) is 4. The van der Waals surface area contributed by atoms with E-state index in [9.17, 15) is 17.6 Å². The molecule has 1 fully saturated rings. The number of benzene rings is 3. The highest BCUT2D eigenvalue weighted by molar-refractivity contribution is 7.90. The third kappa shape index (κ3) is 4.30. The Hall–Kier alpha value is -3.98. The maximum absolute atomic E-state index is 13.5. The molecule has 2 atom stereocenters. The summed E-state index contributed by atoms with van der Waals surface area (Å²) in [5, 5.41) is 2.90. The topological polar surface area (TPSA) is 93.1 Å². The van der Waals surface area contributed by atoms with E-state index in [-0.39, 0.29) is 16.6 Å². The Morgan fingerprint density at radius 1 is 1.03 bits per heavy atom. The third-order valence-corrected chi connectivity index (χ3v) is 7.75. The van der Waals surface area contributed by atoms with Crippen LogP contribution in [0.15, 0.2) is 96.2 Å². The molecular formula is C26H23FN4O3S. The van der Waals surface area contributed by atoms with Crippen LogP contribution in [0.3, 0.4) is 0 Å². The number of aryl methyl sites for hydroxylation is 1. The summed E-state index contributed by atoms with van der Waals surface area (Å²) in [5.41, 5.74) is 1.24. The second kappa shape index (κ2) is 8.66. The number of halogens is 1. The van der Waals surface area contributed by atoms with Crippen LogP contribution in [0.2, 0.25) is 0 Å². The van der Waals surface area contributed by atoms with Crippen molar-refractivity contribution in [1.82, 2.24) is 19.6 Å². The average molecular weight is 491 g/mol. The Balaban J connectivity index is 1.49. The molecule has 7 nitrogen and oxygen atoms in total. The highest BCUT2D eigenvalue weighted by atomic mass is 32.2. The number of imidazole rings is 1. The highest BCUT2D eigenvalue weighted by Crippen LogP contribution is 2.58. The maximum atomic E-state index is 13.5. The fourth-order valence-corrected chi connectivity index (χ4v) is 5.65. The van der Waals surface area contributed by atoms with Gasteiger partial charge in [-0.1, -0.05) is 48.5 Å². The number of carbonyl (C=O) groups excluding carboxylic acids is 1. The van der Waals surface area contributed by atoms with E-state index in [0.717, 1.165) is 5.56 Å². The normalized spacial score (nSPS) is 19.2. The lowest BCUT2D eigenvalue weighted by atomic mass is 10.1. The molecule has 178 valence electrons. The van der Waals surface area contributed by atoms with Gasteiger partial charge >= 0.3 is 6.03 Å². The van der Waals surface area contributed by atoms with Crippen molar-refractivity contribution in [2.24, 2.45) is 0 Å². The van der Waals surface area contributed by atoms with Crippen LogP contribution in [0.5, 0.6) is 0 Å². The number of nitrogens with one attached hydrogen (secondary N) is 2. The zero-order chi connectivity index (χ0) is 24.6. The van der Waals surface area contributed by atoms with Crippen LogP contribution in [-0.2, 0) is 15.6 Å². The number of amides is 2. The van der Waals surface area contributed by atoms with Crippen LogP contribution in [0.25, 0.3) is 5.69 Å². The molecule has 1 aliphatic carbocycles. The molecule has 0 aliphatic heterocycles. The Bertz CT molecular complexity index is 1490. The minimum Gasteiger partial charge on any atom is -0.324 e. The maximum Gasteiger partial charge on any atom is 0.329 e. The molecule has 4 aromatic rings. The molecule has 1 aliphatic rings. The van der Waals surface area contributed by atoms with Gasteiger partial charge in [0.1, 0.15) is 17.2 Å². The molecule has 9 heteroatoms. The largest absolute Gasteiger partial charge is 0.329 e. The third-order valence-electron chi connectivity index (χ3n) is 6.25. The number of sulfonamides is 1. The smallest absolute Gasteiger partial charge is 0.324 e. The van der Waals surface area contributed by atoms with Gasteiger partial charge < -0.3 is 9.88 Å². The Morgan fingerprint density at radius 3 is 2.43 bits per heavy atom. The van der Waals surface area contributed by atoms with Crippen LogP contribution in [0, 0.1) is 12.7 Å². The van der Waals surface area contributed by atoms with Gasteiger partial charge in [0.15, 0.2) is 0 Å². The van der Waals surface area contributed by atoms with Gasteiger partial charge in [0, 0.05) is 24.0 Å². The number of rotatable bonds is 6. The first-order valence-corrected chi connectivity index (χ1v) is 12.5. The molecule has 5 rings (SSSR count). The Labute approximate surface area is 202 Å². The predicted octanol–water partition coefficient (Wildman–Crippen LogP) is 4.39. The first-order valence-electron chi connectivity index (χ1n) is 11.1. The van der Waals surface area contributed by atoms with Gasteiger partial charge in [-0.05, 0) is 54.8 Å². The lowest BCUT2D eigenvalue weighted by molar-refractivity contribution is 0.239. The SMILES string of the molecule is Cc1ccccc1S(=O)(=O)NC(=O)N[C@]1(c2nccn2-c2ccc(F)cc2)CC1c1ccccc1. The van der Waals surface area contributed by atoms with E-state index in [4.69, 9.17) is 0 Å². The molecule has 1 unspecified atom stereocenters. The molecule has 35 heavy (non-hydrogen) atoms. The van der Waals surface area contributed by atoms with Gasteiger partial charge in [-0.15, -0.1) is 0 Å². The summed E-state index contributed by atoms with van der Waals surface area (Å²) >= 11 is 0. The monoisotopic (exact) mass is 490 g/mol. The summed E-state index contributed by atoms with van der Waals surface area (Å²) in [4.78, 5) is 17.6. The van der Waals surface area contributed by atoms with Crippen molar-refractivity contribution in [3.63, 3.8) is 0 Å². The summed E-state index contributed by atoms with van der Waals surface area (Å²) in [7, 11) is -4.08. The predicted molar refractivity (Wildman–Crippen MR) is 129 cm³/mol. The molecule has 2 N–H and O–H groups in total. The fraction of sp³-hybridized carbons (Fsp3) is 0.154. The second-order valence-corrected chi connectivity index (χ2v) is 10.2. The van der Waals surface area contributed by atoms with Gasteiger partial charge in [0.2, 0.25) is 0 Å². The molecule has 1 heterocycles. The van der Waals surface area contributed by atoms with Crippen LogP contribution in [0.4, 0.5) is 9.18 Å². The lowest BCUT2D eigenvalue weighted by Crippen LogP contribution is -2.46. The van der Waals surface area contributed by atoms with Crippen molar-refractivity contribution in [2.75, 3.05) is 0 Å². The van der Waals surface area contributed by atoms with Gasteiger partial charge in [0.05, 0.1) is 4.90 Å². The molecule has 3 aromatic carbocycles. The van der Waals surface area contributed by atoms with E-state index in [1.54, 1.807) is 54.2 Å². The molecule has 0 spiro atoms. The average Bonchev–Trinajstić information content (AvgIpc) is 3.32. The summed E-state index contributed by atoms with van der Waals surface area (Å²) in [5.74, 6) is 0.0382. The number of aromatic nitrogens is 2. The Morgan fingerprint density at radius 2 is 1.71 bits per heavy atom. The first-order chi connectivity index (χ1) is 16.8. The molecule has 0 saturated heterocycles. The van der Waals surface area contributed by atoms with Crippen molar-refractivity contribution in [3.8, 4) is 5.69 Å². The molecule has 1 saturated carbocycles. The zero-order valence-corrected chi connectivity index (χ0v) is 19.7. The quantitative estimate of drug-likeness (QED) is 0.419. The summed E-state index contributed by atoms with van der Waals surface area (Å²) in [6, 6.07) is 21.2. The molecule has 0 radical (unpaired) electrons. The van der Waals surface area contributed by atoms with Crippen molar-refractivity contribution >= 4 is 16.1 Å². The van der Waals surface area contributed by atoms with Crippen LogP contribution >= 0.6 is 0 Å². The van der Waals surface area contributed by atoms with Gasteiger partial charge in [-0.3, -0.25) is 0 Å². The molecule has 1 aromatic heterocycles. The second-order valence-electron chi connectivity index (χ2n) is 8.56. The van der Waals surface area contributed by atoms with Crippen molar-refractivity contribution in [2.45, 2.75) is 29.7 Å². The lowest BCUT2D eigenvalue weighted by Gasteiger charge is -2.22. The number of nitrogens with zero attached hydrogens (tertiary/aromatic N) is 2. The van der Waals surface area contributed by atoms with Crippen LogP contribution in [0.1, 0.15) is 29.3 Å². The minimum atomic E-state index is -4.08. The Kier molecular flexibility index (Phi) is 5.64. The summed E-state index contributed by atoms with van der Waals surface area (Å²) in [6.07, 6.45) is 3.85. The van der Waals surface area contributed by atoms with Crippen LogP contribution < -0.4 is 10.0 Å². The molecular weight excluding hydrogens is 467 g/mol. The van der Waals surface area contributed by atoms with E-state index < -0.39 is 21.6 Å². The van der Waals surface area contributed by atoms with E-state index in [2.05, 4.69) is 15.0 Å². The summed E-state index contributed by atoms with van der Waals surface area (Å²) < 4.78 is 43.2. The number of urea groups is 1. The van der Waals surface area contributed by atoms with Gasteiger partial charge in [-0.2, -0.15) is 0 Å². The van der Waals surface area contributed by atoms with E-state index in [1.807, 2.05) is 30.3 Å². The van der Waals surface area contributed by atoms with E-state index in [1.165, 1.54) is 18.2 Å². The van der Waals surface area contributed by atoms with Crippen molar-refractivity contribution < 1.29 is 17.6 Å². The number of hydrogen-bond donors (Lipinski definition) is 2. The van der Waals surface area contributed by atoms with E-state index in [0.29, 0.717) is 23.5 Å². The van der Waals surface area contributed by atoms with Crippen molar-refractivity contribution in [1.29, 1.82) is 0 Å². The highest BCUT2D eigenvalue weighted by Gasteiger charge is 2.60. The summed E-state index contributed by atoms with van der Waals surface area (Å²) in [6.45, 7) is 1.67. The molecule has 0 bridgehead atoms. The van der Waals surface area contributed by atoms with E-state index >= 15 is 0 Å². The fourth-order valence-electron chi connectivity index (χ4n) is 4.50. The van der Waals surface area contributed by atoms with Gasteiger partial charge in [-0.25, -0.2) is 27.3 Å². The molecule has 2 amide bonds. The minimum absolute atomic E-state index is 0.0346.